The fourth-order valence-electron chi connectivity index (χ4n) is 4.98. The Hall–Kier alpha value is -4.25. The van der Waals surface area contributed by atoms with Gasteiger partial charge in [-0.15, -0.1) is 0 Å². The maximum absolute atomic E-state index is 13.5. The first-order valence-electron chi connectivity index (χ1n) is 15.5. The number of pyridine rings is 1. The molecule has 0 N–H and O–H groups in total. The molecule has 1 saturated carbocycles. The average molecular weight is 772 g/mol. The second-order valence-electron chi connectivity index (χ2n) is 12.5. The van der Waals surface area contributed by atoms with E-state index in [0.717, 1.165) is 21.7 Å². The molecule has 0 saturated heterocycles. The summed E-state index contributed by atoms with van der Waals surface area (Å²) in [5.41, 5.74) is -0.118. The molecule has 2 unspecified atom stereocenters. The predicted molar refractivity (Wildman–Crippen MR) is 181 cm³/mol. The topological polar surface area (TPSA) is 162 Å². The highest BCUT2D eigenvalue weighted by Gasteiger charge is 2.27. The van der Waals surface area contributed by atoms with Crippen molar-refractivity contribution in [2.75, 3.05) is 17.5 Å². The molecule has 51 heavy (non-hydrogen) atoms. The summed E-state index contributed by atoms with van der Waals surface area (Å²) < 4.78 is 78.9. The van der Waals surface area contributed by atoms with Gasteiger partial charge in [-0.1, -0.05) is 29.3 Å². The smallest absolute Gasteiger partial charge is 0.420 e. The van der Waals surface area contributed by atoms with E-state index in [1.165, 1.54) is 48.8 Å². The molecule has 0 bridgehead atoms. The average Bonchev–Trinajstić information content (AvgIpc) is 3.82. The van der Waals surface area contributed by atoms with E-state index in [4.69, 9.17) is 41.8 Å². The SMILES string of the molecule is CC(C)(C)OC(=O)CN(c1ccc2c(c1)oc(=O)n2CC(=O)OC(Cc1c(Cl)cncc1Cl)c1ccc(OC(F)F)c(OCC2CC2)c1)S(=O)[O-]. The van der Waals surface area contributed by atoms with Gasteiger partial charge in [0.15, 0.2) is 17.1 Å². The van der Waals surface area contributed by atoms with E-state index in [1.807, 2.05) is 0 Å². The summed E-state index contributed by atoms with van der Waals surface area (Å²) in [5.74, 6) is -2.58. The zero-order valence-corrected chi connectivity index (χ0v) is 29.8. The molecule has 1 aliphatic carbocycles. The van der Waals surface area contributed by atoms with Gasteiger partial charge in [-0.05, 0) is 74.9 Å². The lowest BCUT2D eigenvalue weighted by Gasteiger charge is -2.27. The van der Waals surface area contributed by atoms with Crippen LogP contribution in [0.2, 0.25) is 10.0 Å². The minimum absolute atomic E-state index is 0.00433. The lowest BCUT2D eigenvalue weighted by Crippen LogP contribution is -2.36. The normalized spacial score (nSPS) is 14.3. The van der Waals surface area contributed by atoms with Crippen LogP contribution in [0.3, 0.4) is 0 Å². The number of ether oxygens (including phenoxy) is 4. The first-order valence-corrected chi connectivity index (χ1v) is 17.3. The standard InChI is InChI=1S/C33H33Cl2F2N3O10S/c1-33(2,3)50-30(42)16-40(51(44)45)20-7-8-24-27(11-20)49-32(43)39(24)15-29(41)47-26(12-21-22(34)13-38-14-23(21)35)19-6-9-25(48-31(36)37)28(10-19)46-17-18-4-5-18/h6-11,13-14,18,26,31H,4-5,12,15-17H2,1-3H3,(H,44,45)/p-1. The van der Waals surface area contributed by atoms with Crippen LogP contribution in [0.5, 0.6) is 11.5 Å². The van der Waals surface area contributed by atoms with Crippen LogP contribution in [0.1, 0.15) is 50.8 Å². The van der Waals surface area contributed by atoms with E-state index in [1.54, 1.807) is 20.8 Å². The molecule has 2 atom stereocenters. The molecular formula is C33H32Cl2F2N3O10S-. The monoisotopic (exact) mass is 770 g/mol. The van der Waals surface area contributed by atoms with Crippen molar-refractivity contribution in [2.45, 2.75) is 64.9 Å². The molecule has 4 aromatic rings. The van der Waals surface area contributed by atoms with Gasteiger partial charge in [0.1, 0.15) is 24.8 Å². The molecule has 5 rings (SSSR count). The van der Waals surface area contributed by atoms with Crippen molar-refractivity contribution in [1.82, 2.24) is 9.55 Å². The summed E-state index contributed by atoms with van der Waals surface area (Å²) in [4.78, 5) is 42.7. The first kappa shape index (κ1) is 38.0. The molecule has 2 heterocycles. The third kappa shape index (κ3) is 10.2. The molecule has 2 aromatic carbocycles. The van der Waals surface area contributed by atoms with Crippen molar-refractivity contribution in [3.8, 4) is 11.5 Å². The third-order valence-corrected chi connectivity index (χ3v) is 8.79. The van der Waals surface area contributed by atoms with Crippen molar-refractivity contribution < 1.29 is 50.5 Å². The number of aromatic nitrogens is 2. The lowest BCUT2D eigenvalue weighted by atomic mass is 10.0. The van der Waals surface area contributed by atoms with Crippen LogP contribution < -0.4 is 19.5 Å². The van der Waals surface area contributed by atoms with Crippen LogP contribution in [0.4, 0.5) is 14.5 Å². The van der Waals surface area contributed by atoms with Crippen molar-refractivity contribution in [1.29, 1.82) is 0 Å². The summed E-state index contributed by atoms with van der Waals surface area (Å²) >= 11 is 9.85. The number of nitrogens with zero attached hydrogens (tertiary/aromatic N) is 3. The van der Waals surface area contributed by atoms with E-state index < -0.39 is 60.4 Å². The number of esters is 2. The summed E-state index contributed by atoms with van der Waals surface area (Å²) in [6.45, 7) is 0.762. The fraction of sp³-hybridized carbons (Fsp3) is 0.394. The number of hydrogen-bond donors (Lipinski definition) is 0. The quantitative estimate of drug-likeness (QED) is 0.101. The van der Waals surface area contributed by atoms with E-state index in [9.17, 15) is 31.9 Å². The molecule has 13 nitrogen and oxygen atoms in total. The van der Waals surface area contributed by atoms with Gasteiger partial charge >= 0.3 is 24.3 Å². The molecule has 0 spiro atoms. The number of hydrogen-bond acceptors (Lipinski definition) is 11. The van der Waals surface area contributed by atoms with Gasteiger partial charge in [0.25, 0.3) is 0 Å². The summed E-state index contributed by atoms with van der Waals surface area (Å²) in [6, 6.07) is 8.00. The minimum atomic E-state index is -3.11. The maximum atomic E-state index is 13.5. The van der Waals surface area contributed by atoms with Gasteiger partial charge in [-0.3, -0.25) is 27.7 Å². The Labute approximate surface area is 302 Å². The van der Waals surface area contributed by atoms with Crippen LogP contribution in [-0.4, -0.2) is 55.6 Å². The Morgan fingerprint density at radius 1 is 1.10 bits per heavy atom. The Bertz CT molecular complexity index is 1980. The zero-order valence-electron chi connectivity index (χ0n) is 27.4. The largest absolute Gasteiger partial charge is 0.755 e. The predicted octanol–water partition coefficient (Wildman–Crippen LogP) is 6.16. The van der Waals surface area contributed by atoms with Crippen molar-refractivity contribution in [3.05, 3.63) is 80.5 Å². The van der Waals surface area contributed by atoms with Gasteiger partial charge in [0.2, 0.25) is 0 Å². The van der Waals surface area contributed by atoms with Crippen LogP contribution in [0.25, 0.3) is 11.1 Å². The van der Waals surface area contributed by atoms with E-state index >= 15 is 0 Å². The highest BCUT2D eigenvalue weighted by atomic mass is 35.5. The molecule has 0 radical (unpaired) electrons. The first-order chi connectivity index (χ1) is 24.1. The number of carbonyl (C=O) groups is 2. The second-order valence-corrected chi connectivity index (χ2v) is 14.2. The van der Waals surface area contributed by atoms with Gasteiger partial charge in [0.05, 0.1) is 27.9 Å². The zero-order chi connectivity index (χ0) is 37.0. The summed E-state index contributed by atoms with van der Waals surface area (Å²) in [5, 5.41) is 0.359. The number of anilines is 1. The van der Waals surface area contributed by atoms with E-state index in [-0.39, 0.29) is 57.3 Å². The molecule has 2 aromatic heterocycles. The molecule has 274 valence electrons. The van der Waals surface area contributed by atoms with Gasteiger partial charge in [-0.25, -0.2) is 4.79 Å². The molecular weight excluding hydrogens is 739 g/mol. The minimum Gasteiger partial charge on any atom is -0.755 e. The van der Waals surface area contributed by atoms with E-state index in [0.29, 0.717) is 11.1 Å². The fourth-order valence-corrected chi connectivity index (χ4v) is 5.99. The highest BCUT2D eigenvalue weighted by molar-refractivity contribution is 7.80. The highest BCUT2D eigenvalue weighted by Crippen LogP contribution is 2.38. The van der Waals surface area contributed by atoms with Crippen molar-refractivity contribution >= 4 is 63.2 Å². The molecule has 0 amide bonds. The summed E-state index contributed by atoms with van der Waals surface area (Å²) in [7, 11) is 0. The van der Waals surface area contributed by atoms with Gasteiger partial charge < -0.3 is 27.9 Å². The number of benzene rings is 2. The molecule has 18 heteroatoms. The number of oxazole rings is 1. The Morgan fingerprint density at radius 2 is 1.80 bits per heavy atom. The Morgan fingerprint density at radius 3 is 2.43 bits per heavy atom. The Balaban J connectivity index is 1.42. The van der Waals surface area contributed by atoms with E-state index in [2.05, 4.69) is 9.72 Å². The number of halogens is 4. The van der Waals surface area contributed by atoms with Gasteiger partial charge in [-0.2, -0.15) is 8.78 Å². The van der Waals surface area contributed by atoms with Crippen LogP contribution in [-0.2, 0) is 43.3 Å². The summed E-state index contributed by atoms with van der Waals surface area (Å²) in [6.07, 6.45) is 3.40. The van der Waals surface area contributed by atoms with Crippen LogP contribution >= 0.6 is 23.2 Å². The number of fused-ring (bicyclic) bond motifs is 1. The third-order valence-electron chi connectivity index (χ3n) is 7.44. The van der Waals surface area contributed by atoms with Crippen molar-refractivity contribution in [2.24, 2.45) is 5.92 Å². The Kier molecular flexibility index (Phi) is 11.9. The van der Waals surface area contributed by atoms with Gasteiger partial charge in [0, 0.05) is 36.1 Å². The number of carbonyl (C=O) groups excluding carboxylic acids is 2. The van der Waals surface area contributed by atoms with Crippen LogP contribution in [0.15, 0.2) is 58.0 Å². The van der Waals surface area contributed by atoms with Crippen LogP contribution in [0, 0.1) is 5.92 Å². The lowest BCUT2D eigenvalue weighted by molar-refractivity contribution is -0.153. The second kappa shape index (κ2) is 16.0. The molecule has 1 fully saturated rings. The maximum Gasteiger partial charge on any atom is 0.420 e. The number of alkyl halides is 2. The number of rotatable bonds is 15. The molecule has 1 aliphatic rings. The molecule has 0 aliphatic heterocycles. The van der Waals surface area contributed by atoms with Crippen molar-refractivity contribution in [3.63, 3.8) is 0 Å².